The zero-order valence-electron chi connectivity index (χ0n) is 10.1. The molecule has 0 atom stereocenters. The fourth-order valence-corrected chi connectivity index (χ4v) is 2.45. The van der Waals surface area contributed by atoms with Gasteiger partial charge < -0.3 is 5.32 Å². The first-order valence-electron chi connectivity index (χ1n) is 5.87. The Kier molecular flexibility index (Phi) is 5.88. The SMILES string of the molecule is CCCNCCCCc1nc(C)c(C)s1. The summed E-state index contributed by atoms with van der Waals surface area (Å²) in [6.45, 7) is 8.75. The highest BCUT2D eigenvalue weighted by atomic mass is 32.1. The number of hydrogen-bond acceptors (Lipinski definition) is 3. The molecule has 1 aromatic heterocycles. The number of aryl methyl sites for hydroxylation is 3. The van der Waals surface area contributed by atoms with Crippen molar-refractivity contribution in [2.24, 2.45) is 0 Å². The van der Waals surface area contributed by atoms with E-state index in [9.17, 15) is 0 Å². The van der Waals surface area contributed by atoms with Crippen molar-refractivity contribution in [3.05, 3.63) is 15.6 Å². The summed E-state index contributed by atoms with van der Waals surface area (Å²) in [4.78, 5) is 5.91. The van der Waals surface area contributed by atoms with Crippen LogP contribution in [0.15, 0.2) is 0 Å². The number of hydrogen-bond donors (Lipinski definition) is 1. The summed E-state index contributed by atoms with van der Waals surface area (Å²) in [5, 5.41) is 4.73. The van der Waals surface area contributed by atoms with Gasteiger partial charge in [0.2, 0.25) is 0 Å². The van der Waals surface area contributed by atoms with Crippen LogP contribution in [-0.2, 0) is 6.42 Å². The highest BCUT2D eigenvalue weighted by molar-refractivity contribution is 7.11. The molecule has 1 rings (SSSR count). The fraction of sp³-hybridized carbons (Fsp3) is 0.750. The van der Waals surface area contributed by atoms with Crippen molar-refractivity contribution in [2.45, 2.75) is 46.5 Å². The van der Waals surface area contributed by atoms with Crippen LogP contribution in [0.25, 0.3) is 0 Å². The van der Waals surface area contributed by atoms with Crippen LogP contribution >= 0.6 is 11.3 Å². The Balaban J connectivity index is 2.10. The molecule has 0 unspecified atom stereocenters. The van der Waals surface area contributed by atoms with Crippen molar-refractivity contribution in [1.29, 1.82) is 0 Å². The van der Waals surface area contributed by atoms with Crippen molar-refractivity contribution in [3.63, 3.8) is 0 Å². The summed E-state index contributed by atoms with van der Waals surface area (Å²) >= 11 is 1.85. The first-order valence-corrected chi connectivity index (χ1v) is 6.69. The zero-order valence-corrected chi connectivity index (χ0v) is 10.9. The van der Waals surface area contributed by atoms with Crippen LogP contribution in [0.3, 0.4) is 0 Å². The van der Waals surface area contributed by atoms with E-state index in [-0.39, 0.29) is 0 Å². The second kappa shape index (κ2) is 6.96. The highest BCUT2D eigenvalue weighted by Gasteiger charge is 2.02. The molecule has 86 valence electrons. The minimum atomic E-state index is 1.15. The molecule has 15 heavy (non-hydrogen) atoms. The predicted octanol–water partition coefficient (Wildman–Crippen LogP) is 3.08. The number of nitrogens with one attached hydrogen (secondary N) is 1. The van der Waals surface area contributed by atoms with E-state index in [4.69, 9.17) is 0 Å². The average Bonchev–Trinajstić information content (AvgIpc) is 2.52. The predicted molar refractivity (Wildman–Crippen MR) is 67.7 cm³/mol. The van der Waals surface area contributed by atoms with Crippen molar-refractivity contribution < 1.29 is 0 Å². The van der Waals surface area contributed by atoms with E-state index in [1.807, 2.05) is 11.3 Å². The quantitative estimate of drug-likeness (QED) is 0.723. The third kappa shape index (κ3) is 4.76. The Labute approximate surface area is 97.1 Å². The number of unbranched alkanes of at least 4 members (excludes halogenated alkanes) is 1. The van der Waals surface area contributed by atoms with Crippen molar-refractivity contribution >= 4 is 11.3 Å². The zero-order chi connectivity index (χ0) is 11.1. The molecule has 0 fully saturated rings. The van der Waals surface area contributed by atoms with E-state index in [2.05, 4.69) is 31.1 Å². The van der Waals surface area contributed by atoms with Crippen molar-refractivity contribution in [1.82, 2.24) is 10.3 Å². The van der Waals surface area contributed by atoms with E-state index in [1.54, 1.807) is 0 Å². The van der Waals surface area contributed by atoms with Crippen LogP contribution in [0.2, 0.25) is 0 Å². The summed E-state index contributed by atoms with van der Waals surface area (Å²) in [6.07, 6.45) is 4.89. The lowest BCUT2D eigenvalue weighted by Crippen LogP contribution is -2.15. The Morgan fingerprint density at radius 3 is 2.60 bits per heavy atom. The van der Waals surface area contributed by atoms with Gasteiger partial charge in [-0.25, -0.2) is 4.98 Å². The highest BCUT2D eigenvalue weighted by Crippen LogP contribution is 2.17. The third-order valence-corrected chi connectivity index (χ3v) is 3.63. The van der Waals surface area contributed by atoms with Gasteiger partial charge in [-0.3, -0.25) is 0 Å². The van der Waals surface area contributed by atoms with E-state index >= 15 is 0 Å². The molecular weight excluding hydrogens is 204 g/mol. The number of aromatic nitrogens is 1. The van der Waals surface area contributed by atoms with Gasteiger partial charge in [-0.1, -0.05) is 6.92 Å². The lowest BCUT2D eigenvalue weighted by molar-refractivity contribution is 0.616. The Hall–Kier alpha value is -0.410. The summed E-state index contributed by atoms with van der Waals surface area (Å²) in [5.41, 5.74) is 1.21. The molecule has 0 aliphatic rings. The minimum Gasteiger partial charge on any atom is -0.317 e. The molecule has 0 aliphatic heterocycles. The molecular formula is C12H22N2S. The fourth-order valence-electron chi connectivity index (χ4n) is 1.47. The second-order valence-corrected chi connectivity index (χ2v) is 5.24. The molecule has 0 spiro atoms. The molecule has 0 aliphatic carbocycles. The summed E-state index contributed by atoms with van der Waals surface area (Å²) in [7, 11) is 0. The average molecular weight is 226 g/mol. The molecule has 2 nitrogen and oxygen atoms in total. The minimum absolute atomic E-state index is 1.15. The van der Waals surface area contributed by atoms with Gasteiger partial charge in [-0.05, 0) is 52.6 Å². The van der Waals surface area contributed by atoms with Crippen LogP contribution < -0.4 is 5.32 Å². The third-order valence-electron chi connectivity index (χ3n) is 2.49. The Morgan fingerprint density at radius 1 is 1.20 bits per heavy atom. The first kappa shape index (κ1) is 12.7. The first-order chi connectivity index (χ1) is 7.24. The maximum Gasteiger partial charge on any atom is 0.0930 e. The largest absolute Gasteiger partial charge is 0.317 e. The van der Waals surface area contributed by atoms with Gasteiger partial charge in [0.05, 0.1) is 10.7 Å². The molecule has 1 heterocycles. The van der Waals surface area contributed by atoms with Gasteiger partial charge in [-0.15, -0.1) is 11.3 Å². The number of thiazole rings is 1. The maximum atomic E-state index is 4.54. The monoisotopic (exact) mass is 226 g/mol. The van der Waals surface area contributed by atoms with Crippen LogP contribution in [0.1, 0.15) is 41.8 Å². The van der Waals surface area contributed by atoms with Crippen LogP contribution in [0.4, 0.5) is 0 Å². The van der Waals surface area contributed by atoms with Gasteiger partial charge in [0.15, 0.2) is 0 Å². The standard InChI is InChI=1S/C12H22N2S/c1-4-8-13-9-6-5-7-12-14-10(2)11(3)15-12/h13H,4-9H2,1-3H3. The topological polar surface area (TPSA) is 24.9 Å². The molecule has 0 saturated heterocycles. The van der Waals surface area contributed by atoms with Crippen LogP contribution in [0.5, 0.6) is 0 Å². The van der Waals surface area contributed by atoms with E-state index < -0.39 is 0 Å². The number of rotatable bonds is 7. The van der Waals surface area contributed by atoms with E-state index in [0.717, 1.165) is 19.5 Å². The van der Waals surface area contributed by atoms with Gasteiger partial charge in [0, 0.05) is 4.88 Å². The maximum absolute atomic E-state index is 4.54. The lowest BCUT2D eigenvalue weighted by Gasteiger charge is -2.01. The van der Waals surface area contributed by atoms with Crippen molar-refractivity contribution in [3.8, 4) is 0 Å². The molecule has 0 saturated carbocycles. The molecule has 0 radical (unpaired) electrons. The molecule has 0 amide bonds. The van der Waals surface area contributed by atoms with E-state index in [1.165, 1.54) is 34.8 Å². The molecule has 1 aromatic rings. The molecule has 1 N–H and O–H groups in total. The van der Waals surface area contributed by atoms with Gasteiger partial charge >= 0.3 is 0 Å². The Morgan fingerprint density at radius 2 is 2.00 bits per heavy atom. The smallest absolute Gasteiger partial charge is 0.0930 e. The lowest BCUT2D eigenvalue weighted by atomic mass is 10.2. The van der Waals surface area contributed by atoms with Gasteiger partial charge in [0.25, 0.3) is 0 Å². The van der Waals surface area contributed by atoms with Gasteiger partial charge in [-0.2, -0.15) is 0 Å². The summed E-state index contributed by atoms with van der Waals surface area (Å²) in [6, 6.07) is 0. The van der Waals surface area contributed by atoms with E-state index in [0.29, 0.717) is 0 Å². The molecule has 3 heteroatoms. The summed E-state index contributed by atoms with van der Waals surface area (Å²) < 4.78 is 0. The summed E-state index contributed by atoms with van der Waals surface area (Å²) in [5.74, 6) is 0. The van der Waals surface area contributed by atoms with Gasteiger partial charge in [0.1, 0.15) is 0 Å². The molecule has 0 aromatic carbocycles. The van der Waals surface area contributed by atoms with Crippen molar-refractivity contribution in [2.75, 3.05) is 13.1 Å². The molecule has 0 bridgehead atoms. The number of nitrogens with zero attached hydrogens (tertiary/aromatic N) is 1. The second-order valence-electron chi connectivity index (χ2n) is 3.96. The normalized spacial score (nSPS) is 10.9. The van der Waals surface area contributed by atoms with Crippen LogP contribution in [-0.4, -0.2) is 18.1 Å². The Bertz CT molecular complexity index is 262. The van der Waals surface area contributed by atoms with Crippen LogP contribution in [0, 0.1) is 13.8 Å².